The van der Waals surface area contributed by atoms with E-state index in [2.05, 4.69) is 0 Å². The molecule has 0 heterocycles. The van der Waals surface area contributed by atoms with Crippen molar-refractivity contribution in [2.45, 2.75) is 6.54 Å². The van der Waals surface area contributed by atoms with Crippen molar-refractivity contribution in [2.24, 2.45) is 5.73 Å². The molecule has 3 heteroatoms. The molecule has 0 aromatic heterocycles. The minimum Gasteiger partial charge on any atom is -0.494 e. The second kappa shape index (κ2) is 4.97. The maximum absolute atomic E-state index is 14.0. The molecular weight excluding hydrogens is 217 g/mol. The van der Waals surface area contributed by atoms with E-state index >= 15 is 0 Å². The zero-order valence-electron chi connectivity index (χ0n) is 9.61. The Morgan fingerprint density at radius 3 is 2.41 bits per heavy atom. The fraction of sp³-hybridized carbons (Fsp3) is 0.143. The third-order valence-corrected chi connectivity index (χ3v) is 2.68. The van der Waals surface area contributed by atoms with Crippen molar-refractivity contribution in [3.63, 3.8) is 0 Å². The summed E-state index contributed by atoms with van der Waals surface area (Å²) in [7, 11) is 1.46. The van der Waals surface area contributed by atoms with Gasteiger partial charge in [0.05, 0.1) is 7.11 Å². The Labute approximate surface area is 99.8 Å². The number of hydrogen-bond acceptors (Lipinski definition) is 2. The van der Waals surface area contributed by atoms with Gasteiger partial charge in [-0.3, -0.25) is 0 Å². The average Bonchev–Trinajstić information content (AvgIpc) is 2.39. The zero-order valence-corrected chi connectivity index (χ0v) is 9.61. The number of hydrogen-bond donors (Lipinski definition) is 1. The van der Waals surface area contributed by atoms with E-state index in [9.17, 15) is 4.39 Å². The highest BCUT2D eigenvalue weighted by atomic mass is 19.1. The van der Waals surface area contributed by atoms with Crippen molar-refractivity contribution in [2.75, 3.05) is 7.11 Å². The van der Waals surface area contributed by atoms with Crippen LogP contribution in [0.4, 0.5) is 4.39 Å². The Hall–Kier alpha value is -1.87. The Morgan fingerprint density at radius 2 is 1.82 bits per heavy atom. The van der Waals surface area contributed by atoms with E-state index in [4.69, 9.17) is 10.5 Å². The first-order valence-electron chi connectivity index (χ1n) is 5.38. The first kappa shape index (κ1) is 11.6. The summed E-state index contributed by atoms with van der Waals surface area (Å²) in [6, 6.07) is 12.6. The van der Waals surface area contributed by atoms with E-state index in [1.54, 1.807) is 18.2 Å². The molecule has 0 aliphatic rings. The molecule has 0 radical (unpaired) electrons. The van der Waals surface area contributed by atoms with Crippen LogP contribution in [0, 0.1) is 5.82 Å². The van der Waals surface area contributed by atoms with Gasteiger partial charge in [-0.2, -0.15) is 0 Å². The molecule has 2 aromatic rings. The van der Waals surface area contributed by atoms with Crippen LogP contribution in [0.1, 0.15) is 5.56 Å². The van der Waals surface area contributed by atoms with Gasteiger partial charge in [-0.05, 0) is 17.2 Å². The molecule has 2 N–H and O–H groups in total. The lowest BCUT2D eigenvalue weighted by molar-refractivity contribution is 0.387. The zero-order chi connectivity index (χ0) is 12.3. The van der Waals surface area contributed by atoms with Gasteiger partial charge in [0.1, 0.15) is 0 Å². The monoisotopic (exact) mass is 231 g/mol. The van der Waals surface area contributed by atoms with Gasteiger partial charge >= 0.3 is 0 Å². The molecule has 0 fully saturated rings. The molecule has 0 atom stereocenters. The van der Waals surface area contributed by atoms with Gasteiger partial charge in [0.25, 0.3) is 0 Å². The van der Waals surface area contributed by atoms with Crippen molar-refractivity contribution in [3.8, 4) is 16.9 Å². The summed E-state index contributed by atoms with van der Waals surface area (Å²) in [5.41, 5.74) is 7.90. The topological polar surface area (TPSA) is 35.2 Å². The van der Waals surface area contributed by atoms with Crippen LogP contribution in [-0.2, 0) is 6.54 Å². The third-order valence-electron chi connectivity index (χ3n) is 2.68. The number of methoxy groups -OCH3 is 1. The molecule has 2 rings (SSSR count). The van der Waals surface area contributed by atoms with E-state index in [0.29, 0.717) is 12.1 Å². The number of halogens is 1. The lowest BCUT2D eigenvalue weighted by Crippen LogP contribution is -1.96. The van der Waals surface area contributed by atoms with Crippen molar-refractivity contribution < 1.29 is 9.13 Å². The van der Waals surface area contributed by atoms with E-state index in [1.165, 1.54) is 7.11 Å². The minimum absolute atomic E-state index is 0.255. The summed E-state index contributed by atoms with van der Waals surface area (Å²) in [5.74, 6) is -0.0825. The van der Waals surface area contributed by atoms with Crippen molar-refractivity contribution in [1.82, 2.24) is 0 Å². The maximum atomic E-state index is 14.0. The van der Waals surface area contributed by atoms with Crippen LogP contribution in [0.25, 0.3) is 11.1 Å². The molecule has 2 aromatic carbocycles. The lowest BCUT2D eigenvalue weighted by atomic mass is 10.0. The number of rotatable bonds is 3. The molecule has 0 saturated heterocycles. The molecule has 0 aliphatic carbocycles. The first-order chi connectivity index (χ1) is 8.26. The van der Waals surface area contributed by atoms with Gasteiger partial charge in [-0.1, -0.05) is 36.4 Å². The largest absolute Gasteiger partial charge is 0.494 e. The van der Waals surface area contributed by atoms with E-state index < -0.39 is 0 Å². The maximum Gasteiger partial charge on any atom is 0.172 e. The van der Waals surface area contributed by atoms with Gasteiger partial charge in [-0.15, -0.1) is 0 Å². The van der Waals surface area contributed by atoms with Gasteiger partial charge < -0.3 is 10.5 Å². The Bertz CT molecular complexity index is 508. The average molecular weight is 231 g/mol. The summed E-state index contributed by atoms with van der Waals surface area (Å²) < 4.78 is 18.9. The van der Waals surface area contributed by atoms with Gasteiger partial charge in [0.15, 0.2) is 11.6 Å². The normalized spacial score (nSPS) is 10.3. The fourth-order valence-electron chi connectivity index (χ4n) is 1.71. The Morgan fingerprint density at radius 1 is 1.12 bits per heavy atom. The predicted octanol–water partition coefficient (Wildman–Crippen LogP) is 2.96. The molecule has 0 amide bonds. The number of nitrogens with two attached hydrogens (primary N) is 1. The molecule has 0 spiro atoms. The Balaban J connectivity index is 2.45. The van der Waals surface area contributed by atoms with E-state index in [1.807, 2.05) is 24.3 Å². The molecule has 0 aliphatic heterocycles. The molecule has 0 saturated carbocycles. The molecule has 88 valence electrons. The molecular formula is C14H14FNO. The van der Waals surface area contributed by atoms with Crippen LogP contribution >= 0.6 is 0 Å². The van der Waals surface area contributed by atoms with Crippen molar-refractivity contribution in [3.05, 3.63) is 53.8 Å². The smallest absolute Gasteiger partial charge is 0.172 e. The van der Waals surface area contributed by atoms with Crippen LogP contribution in [0.15, 0.2) is 42.5 Å². The van der Waals surface area contributed by atoms with Crippen molar-refractivity contribution in [1.29, 1.82) is 0 Å². The van der Waals surface area contributed by atoms with Crippen LogP contribution < -0.4 is 10.5 Å². The van der Waals surface area contributed by atoms with Gasteiger partial charge in [0, 0.05) is 12.1 Å². The molecule has 0 bridgehead atoms. The van der Waals surface area contributed by atoms with Gasteiger partial charge in [-0.25, -0.2) is 4.39 Å². The second-order valence-corrected chi connectivity index (χ2v) is 3.72. The number of benzene rings is 2. The summed E-state index contributed by atoms with van der Waals surface area (Å²) in [4.78, 5) is 0. The lowest BCUT2D eigenvalue weighted by Gasteiger charge is -2.08. The number of ether oxygens (including phenoxy) is 1. The predicted molar refractivity (Wildman–Crippen MR) is 66.3 cm³/mol. The second-order valence-electron chi connectivity index (χ2n) is 3.72. The van der Waals surface area contributed by atoms with Gasteiger partial charge in [0.2, 0.25) is 0 Å². The first-order valence-corrected chi connectivity index (χ1v) is 5.38. The minimum atomic E-state index is -0.338. The highest BCUT2D eigenvalue weighted by Gasteiger charge is 2.09. The highest BCUT2D eigenvalue weighted by Crippen LogP contribution is 2.28. The third kappa shape index (κ3) is 2.29. The highest BCUT2D eigenvalue weighted by molar-refractivity contribution is 5.66. The molecule has 2 nitrogen and oxygen atoms in total. The fourth-order valence-corrected chi connectivity index (χ4v) is 1.71. The van der Waals surface area contributed by atoms with E-state index in [0.717, 1.165) is 11.1 Å². The van der Waals surface area contributed by atoms with Crippen LogP contribution in [-0.4, -0.2) is 7.11 Å². The summed E-state index contributed by atoms with van der Waals surface area (Å²) in [5, 5.41) is 0. The van der Waals surface area contributed by atoms with Crippen LogP contribution in [0.5, 0.6) is 5.75 Å². The van der Waals surface area contributed by atoms with Crippen LogP contribution in [0.3, 0.4) is 0 Å². The van der Waals surface area contributed by atoms with Crippen molar-refractivity contribution >= 4 is 0 Å². The summed E-state index contributed by atoms with van der Waals surface area (Å²) in [6.07, 6.45) is 0. The molecule has 17 heavy (non-hydrogen) atoms. The molecule has 0 unspecified atom stereocenters. The standard InChI is InChI=1S/C14H14FNO/c1-17-13-4-2-3-12(14(13)15)11-7-5-10(9-16)6-8-11/h2-8H,9,16H2,1H3. The SMILES string of the molecule is COc1cccc(-c2ccc(CN)cc2)c1F. The summed E-state index contributed by atoms with van der Waals surface area (Å²) in [6.45, 7) is 0.487. The van der Waals surface area contributed by atoms with Crippen LogP contribution in [0.2, 0.25) is 0 Å². The van der Waals surface area contributed by atoms with E-state index in [-0.39, 0.29) is 11.6 Å². The Kier molecular flexibility index (Phi) is 3.40. The quantitative estimate of drug-likeness (QED) is 0.881. The summed E-state index contributed by atoms with van der Waals surface area (Å²) >= 11 is 0.